The maximum Gasteiger partial charge on any atom is 0.336 e. The molecular formula is C8H13I2NO. The van der Waals surface area contributed by atoms with Crippen LogP contribution in [0, 0.1) is 0 Å². The fraction of sp³-hybridized carbons (Fsp3) is 0.875. The van der Waals surface area contributed by atoms with Gasteiger partial charge in [0.05, 0.1) is 6.42 Å². The SMILES string of the molecule is ICC1C[N+]2=C(CCCC2)O1.[I-]. The predicted octanol–water partition coefficient (Wildman–Crippen LogP) is -1.58. The Hall–Kier alpha value is 0.930. The van der Waals surface area contributed by atoms with Gasteiger partial charge in [0, 0.05) is 10.8 Å². The Morgan fingerprint density at radius 1 is 1.50 bits per heavy atom. The molecule has 0 aliphatic carbocycles. The molecule has 2 aliphatic heterocycles. The van der Waals surface area contributed by atoms with Gasteiger partial charge in [0.15, 0.2) is 12.6 Å². The van der Waals surface area contributed by atoms with E-state index >= 15 is 0 Å². The van der Waals surface area contributed by atoms with Crippen molar-refractivity contribution in [1.82, 2.24) is 0 Å². The predicted molar refractivity (Wildman–Crippen MR) is 52.6 cm³/mol. The summed E-state index contributed by atoms with van der Waals surface area (Å²) in [5.74, 6) is 1.26. The first-order valence-corrected chi connectivity index (χ1v) is 5.76. The van der Waals surface area contributed by atoms with Crippen LogP contribution in [0.5, 0.6) is 0 Å². The van der Waals surface area contributed by atoms with Gasteiger partial charge in [0.1, 0.15) is 6.54 Å². The van der Waals surface area contributed by atoms with Crippen LogP contribution in [0.25, 0.3) is 0 Å². The Morgan fingerprint density at radius 3 is 3.00 bits per heavy atom. The molecule has 2 nitrogen and oxygen atoms in total. The first-order valence-electron chi connectivity index (χ1n) is 4.23. The lowest BCUT2D eigenvalue weighted by molar-refractivity contribution is -0.526. The van der Waals surface area contributed by atoms with Crippen molar-refractivity contribution in [2.24, 2.45) is 0 Å². The molecule has 0 fully saturated rings. The molecule has 2 aliphatic rings. The number of rotatable bonds is 1. The summed E-state index contributed by atoms with van der Waals surface area (Å²) in [7, 11) is 0. The van der Waals surface area contributed by atoms with Crippen LogP contribution in [0.1, 0.15) is 19.3 Å². The van der Waals surface area contributed by atoms with Gasteiger partial charge in [-0.05, 0) is 6.42 Å². The Labute approximate surface area is 104 Å². The average molecular weight is 393 g/mol. The van der Waals surface area contributed by atoms with Crippen LogP contribution in [0.4, 0.5) is 0 Å². The number of halogens is 2. The highest BCUT2D eigenvalue weighted by atomic mass is 127. The van der Waals surface area contributed by atoms with Crippen molar-refractivity contribution in [3.8, 4) is 0 Å². The molecule has 4 heteroatoms. The van der Waals surface area contributed by atoms with E-state index in [1.807, 2.05) is 0 Å². The molecule has 2 rings (SSSR count). The Balaban J connectivity index is 0.000000720. The molecule has 0 aromatic carbocycles. The zero-order chi connectivity index (χ0) is 7.68. The quantitative estimate of drug-likeness (QED) is 0.298. The molecule has 0 spiro atoms. The number of ether oxygens (including phenoxy) is 1. The van der Waals surface area contributed by atoms with Gasteiger partial charge in [-0.1, -0.05) is 22.6 Å². The Bertz CT molecular complexity index is 175. The van der Waals surface area contributed by atoms with E-state index in [-0.39, 0.29) is 24.0 Å². The first kappa shape index (κ1) is 11.0. The summed E-state index contributed by atoms with van der Waals surface area (Å²) < 4.78 is 9.28. The van der Waals surface area contributed by atoms with E-state index in [0.717, 1.165) is 11.0 Å². The summed E-state index contributed by atoms with van der Waals surface area (Å²) in [5, 5.41) is 0. The summed E-state index contributed by atoms with van der Waals surface area (Å²) in [6.45, 7) is 2.36. The van der Waals surface area contributed by atoms with Crippen molar-refractivity contribution in [1.29, 1.82) is 0 Å². The third-order valence-corrected chi connectivity index (χ3v) is 3.30. The highest BCUT2D eigenvalue weighted by Crippen LogP contribution is 2.16. The normalized spacial score (nSPS) is 27.6. The third-order valence-electron chi connectivity index (χ3n) is 2.32. The summed E-state index contributed by atoms with van der Waals surface area (Å²) in [4.78, 5) is 0. The van der Waals surface area contributed by atoms with E-state index in [1.54, 1.807) is 0 Å². The number of hydrogen-bond acceptors (Lipinski definition) is 1. The van der Waals surface area contributed by atoms with Gasteiger partial charge in [-0.15, -0.1) is 0 Å². The second-order valence-corrected chi connectivity index (χ2v) is 4.07. The molecule has 0 saturated heterocycles. The average Bonchev–Trinajstić information content (AvgIpc) is 2.46. The minimum absolute atomic E-state index is 0. The van der Waals surface area contributed by atoms with Gasteiger partial charge < -0.3 is 28.7 Å². The topological polar surface area (TPSA) is 12.2 Å². The molecule has 0 aromatic rings. The fourth-order valence-electron chi connectivity index (χ4n) is 1.74. The lowest BCUT2D eigenvalue weighted by atomic mass is 10.2. The largest absolute Gasteiger partial charge is 1.00 e. The van der Waals surface area contributed by atoms with Crippen LogP contribution in [-0.4, -0.2) is 34.1 Å². The van der Waals surface area contributed by atoms with Crippen LogP contribution in [0.15, 0.2) is 0 Å². The summed E-state index contributed by atoms with van der Waals surface area (Å²) in [6.07, 6.45) is 4.32. The van der Waals surface area contributed by atoms with Gasteiger partial charge in [-0.25, -0.2) is 0 Å². The molecule has 0 bridgehead atoms. The van der Waals surface area contributed by atoms with Gasteiger partial charge in [-0.2, -0.15) is 4.58 Å². The summed E-state index contributed by atoms with van der Waals surface area (Å²) in [5.41, 5.74) is 0. The summed E-state index contributed by atoms with van der Waals surface area (Å²) >= 11 is 2.40. The fourth-order valence-corrected chi connectivity index (χ4v) is 2.20. The maximum atomic E-state index is 5.75. The highest BCUT2D eigenvalue weighted by molar-refractivity contribution is 14.1. The van der Waals surface area contributed by atoms with Crippen LogP contribution in [0.3, 0.4) is 0 Å². The molecular weight excluding hydrogens is 380 g/mol. The van der Waals surface area contributed by atoms with Crippen molar-refractivity contribution in [2.75, 3.05) is 17.5 Å². The number of hydrogen-bond donors (Lipinski definition) is 0. The van der Waals surface area contributed by atoms with Crippen molar-refractivity contribution >= 4 is 28.5 Å². The van der Waals surface area contributed by atoms with Crippen LogP contribution >= 0.6 is 22.6 Å². The number of alkyl halides is 1. The van der Waals surface area contributed by atoms with Crippen molar-refractivity contribution < 1.29 is 33.3 Å². The van der Waals surface area contributed by atoms with Crippen molar-refractivity contribution in [3.63, 3.8) is 0 Å². The monoisotopic (exact) mass is 393 g/mol. The van der Waals surface area contributed by atoms with Crippen LogP contribution in [-0.2, 0) is 4.74 Å². The maximum absolute atomic E-state index is 5.75. The molecule has 12 heavy (non-hydrogen) atoms. The Kier molecular flexibility index (Phi) is 4.56. The van der Waals surface area contributed by atoms with E-state index in [0.29, 0.717) is 6.10 Å². The molecule has 1 unspecified atom stereocenters. The van der Waals surface area contributed by atoms with Crippen LogP contribution in [0.2, 0.25) is 0 Å². The second-order valence-electron chi connectivity index (χ2n) is 3.19. The van der Waals surface area contributed by atoms with E-state index in [2.05, 4.69) is 27.2 Å². The van der Waals surface area contributed by atoms with E-state index in [9.17, 15) is 0 Å². The van der Waals surface area contributed by atoms with Gasteiger partial charge in [-0.3, -0.25) is 0 Å². The van der Waals surface area contributed by atoms with Crippen molar-refractivity contribution in [2.45, 2.75) is 25.4 Å². The lowest BCUT2D eigenvalue weighted by Crippen LogP contribution is -3.00. The smallest absolute Gasteiger partial charge is 0.336 e. The molecule has 1 atom stereocenters. The first-order chi connectivity index (χ1) is 5.40. The van der Waals surface area contributed by atoms with E-state index in [1.165, 1.54) is 31.7 Å². The molecule has 2 heterocycles. The highest BCUT2D eigenvalue weighted by Gasteiger charge is 2.33. The molecule has 0 amide bonds. The third kappa shape index (κ3) is 2.24. The van der Waals surface area contributed by atoms with Crippen LogP contribution < -0.4 is 24.0 Å². The van der Waals surface area contributed by atoms with Gasteiger partial charge in [0.2, 0.25) is 0 Å². The molecule has 0 aromatic heterocycles. The molecule has 70 valence electrons. The minimum atomic E-state index is 0. The van der Waals surface area contributed by atoms with E-state index in [4.69, 9.17) is 4.74 Å². The Morgan fingerprint density at radius 2 is 2.33 bits per heavy atom. The van der Waals surface area contributed by atoms with Gasteiger partial charge in [0.25, 0.3) is 0 Å². The number of nitrogens with zero attached hydrogens (tertiary/aromatic N) is 1. The lowest BCUT2D eigenvalue weighted by Gasteiger charge is -2.05. The zero-order valence-electron chi connectivity index (χ0n) is 6.93. The standard InChI is InChI=1S/C8H13INO.HI/c9-5-7-6-10-4-2-1-3-8(10)11-7;/h7H,1-6H2;1H/q+1;/p-1. The van der Waals surface area contributed by atoms with Gasteiger partial charge >= 0.3 is 5.90 Å². The minimum Gasteiger partial charge on any atom is -1.00 e. The second kappa shape index (κ2) is 4.97. The molecule has 0 radical (unpaired) electrons. The van der Waals surface area contributed by atoms with E-state index < -0.39 is 0 Å². The molecule has 0 N–H and O–H groups in total. The summed E-state index contributed by atoms with van der Waals surface area (Å²) in [6, 6.07) is 0. The molecule has 0 saturated carbocycles. The zero-order valence-corrected chi connectivity index (χ0v) is 11.2. The van der Waals surface area contributed by atoms with Crippen molar-refractivity contribution in [3.05, 3.63) is 0 Å².